The van der Waals surface area contributed by atoms with E-state index in [4.69, 9.17) is 15.6 Å². The fraction of sp³-hybridized carbons (Fsp3) is 0.500. The van der Waals surface area contributed by atoms with Crippen LogP contribution in [0, 0.1) is 0 Å². The van der Waals surface area contributed by atoms with Crippen molar-refractivity contribution in [2.45, 2.75) is 24.9 Å². The second-order valence-corrected chi connectivity index (χ2v) is 4.22. The summed E-state index contributed by atoms with van der Waals surface area (Å²) >= 11 is 0. The van der Waals surface area contributed by atoms with Gasteiger partial charge in [0, 0.05) is 12.6 Å². The van der Waals surface area contributed by atoms with Gasteiger partial charge in [-0.05, 0) is 0 Å². The van der Waals surface area contributed by atoms with Gasteiger partial charge in [0.05, 0.1) is 18.1 Å². The van der Waals surface area contributed by atoms with E-state index in [0.29, 0.717) is 23.3 Å². The van der Waals surface area contributed by atoms with Gasteiger partial charge < -0.3 is 20.7 Å². The summed E-state index contributed by atoms with van der Waals surface area (Å²) in [6.45, 7) is -0.222. The third-order valence-corrected chi connectivity index (χ3v) is 3.04. The minimum atomic E-state index is -0.698. The summed E-state index contributed by atoms with van der Waals surface area (Å²) in [4.78, 5) is 7.88. The molecule has 1 saturated heterocycles. The Kier molecular flexibility index (Phi) is 2.62. The molecule has 0 saturated carbocycles. The van der Waals surface area contributed by atoms with Gasteiger partial charge in [0.25, 0.3) is 0 Å². The van der Waals surface area contributed by atoms with Crippen LogP contribution < -0.4 is 5.73 Å². The molecular weight excluding hydrogens is 238 g/mol. The van der Waals surface area contributed by atoms with Crippen LogP contribution in [0.3, 0.4) is 0 Å². The zero-order valence-corrected chi connectivity index (χ0v) is 9.47. The number of aliphatic hydroxyl groups excluding tert-OH is 2. The molecule has 8 nitrogen and oxygen atoms in total. The fourth-order valence-corrected chi connectivity index (χ4v) is 2.06. The quantitative estimate of drug-likeness (QED) is 0.629. The number of ether oxygens (including phenoxy) is 1. The molecule has 4 N–H and O–H groups in total. The average molecular weight is 251 g/mol. The number of nitrogens with two attached hydrogens (primary N) is 1. The van der Waals surface area contributed by atoms with Crippen molar-refractivity contribution in [3.63, 3.8) is 0 Å². The molecule has 3 heterocycles. The van der Waals surface area contributed by atoms with Crippen LogP contribution in [0.15, 0.2) is 12.5 Å². The zero-order valence-electron chi connectivity index (χ0n) is 9.47. The Balaban J connectivity index is 1.94. The summed E-state index contributed by atoms with van der Waals surface area (Å²) in [5.41, 5.74) is 6.19. The van der Waals surface area contributed by atoms with Crippen LogP contribution in [0.1, 0.15) is 12.6 Å². The molecule has 8 heteroatoms. The van der Waals surface area contributed by atoms with Crippen molar-refractivity contribution in [1.82, 2.24) is 19.7 Å². The molecule has 3 atom stereocenters. The smallest absolute Gasteiger partial charge is 0.186 e. The van der Waals surface area contributed by atoms with Crippen molar-refractivity contribution in [3.05, 3.63) is 12.5 Å². The van der Waals surface area contributed by atoms with Crippen molar-refractivity contribution >= 4 is 16.9 Å². The number of nitrogens with zero attached hydrogens (tertiary/aromatic N) is 4. The minimum Gasteiger partial charge on any atom is -0.394 e. The highest BCUT2D eigenvalue weighted by Gasteiger charge is 2.35. The maximum atomic E-state index is 9.67. The van der Waals surface area contributed by atoms with E-state index >= 15 is 0 Å². The summed E-state index contributed by atoms with van der Waals surface area (Å²) in [6, 6.07) is 0. The number of anilines is 1. The normalized spacial score (nSPS) is 28.0. The van der Waals surface area contributed by atoms with Gasteiger partial charge in [0.1, 0.15) is 18.2 Å². The second-order valence-electron chi connectivity index (χ2n) is 4.22. The molecule has 0 aromatic carbocycles. The Morgan fingerprint density at radius 1 is 1.50 bits per heavy atom. The Bertz CT molecular complexity index is 572. The van der Waals surface area contributed by atoms with E-state index in [2.05, 4.69) is 15.1 Å². The molecule has 2 aromatic heterocycles. The molecular formula is C10H13N5O3. The Morgan fingerprint density at radius 2 is 2.33 bits per heavy atom. The van der Waals surface area contributed by atoms with Crippen LogP contribution in [0.25, 0.3) is 11.0 Å². The van der Waals surface area contributed by atoms with E-state index in [1.807, 2.05) is 0 Å². The molecule has 1 fully saturated rings. The van der Waals surface area contributed by atoms with Crippen molar-refractivity contribution in [1.29, 1.82) is 0 Å². The molecule has 0 aliphatic carbocycles. The van der Waals surface area contributed by atoms with E-state index in [9.17, 15) is 5.11 Å². The van der Waals surface area contributed by atoms with E-state index in [1.54, 1.807) is 10.9 Å². The molecule has 3 rings (SSSR count). The minimum absolute atomic E-state index is 0.222. The molecule has 0 radical (unpaired) electrons. The lowest BCUT2D eigenvalue weighted by Crippen LogP contribution is -2.24. The van der Waals surface area contributed by atoms with E-state index in [0.717, 1.165) is 0 Å². The molecule has 1 aliphatic heterocycles. The summed E-state index contributed by atoms with van der Waals surface area (Å²) in [6.07, 6.45) is 1.69. The highest BCUT2D eigenvalue weighted by molar-refractivity contribution is 5.84. The number of aliphatic hydroxyl groups is 2. The maximum absolute atomic E-state index is 9.67. The molecule has 1 unspecified atom stereocenters. The summed E-state index contributed by atoms with van der Waals surface area (Å²) < 4.78 is 7.04. The van der Waals surface area contributed by atoms with Crippen molar-refractivity contribution in [2.75, 3.05) is 12.3 Å². The molecule has 0 bridgehead atoms. The number of rotatable bonds is 2. The topological polar surface area (TPSA) is 119 Å². The van der Waals surface area contributed by atoms with Crippen LogP contribution >= 0.6 is 0 Å². The van der Waals surface area contributed by atoms with E-state index in [1.165, 1.54) is 6.33 Å². The molecule has 1 aliphatic rings. The first-order valence-electron chi connectivity index (χ1n) is 5.58. The third-order valence-electron chi connectivity index (χ3n) is 3.04. The number of aromatic nitrogens is 4. The van der Waals surface area contributed by atoms with Crippen LogP contribution in [-0.4, -0.2) is 48.8 Å². The van der Waals surface area contributed by atoms with Gasteiger partial charge >= 0.3 is 0 Å². The lowest BCUT2D eigenvalue weighted by molar-refractivity contribution is -0.0482. The average Bonchev–Trinajstić information content (AvgIpc) is 2.93. The third kappa shape index (κ3) is 1.70. The van der Waals surface area contributed by atoms with Gasteiger partial charge in [-0.25, -0.2) is 14.6 Å². The standard InChI is InChI=1S/C10H13N5O3/c11-9-5-2-15(14-10(5)13-4-12-9)8-1-6(17)7(3-16)18-8/h2,4,6-8,16-17H,1,3H2,(H2,11,12,13,14)/t6?,7-,8-/m1/s1. The van der Waals surface area contributed by atoms with Crippen molar-refractivity contribution < 1.29 is 14.9 Å². The number of hydrogen-bond donors (Lipinski definition) is 3. The molecule has 2 aromatic rings. The summed E-state index contributed by atoms with van der Waals surface area (Å²) in [5, 5.41) is 23.6. The first-order chi connectivity index (χ1) is 8.69. The highest BCUT2D eigenvalue weighted by atomic mass is 16.5. The fourth-order valence-electron chi connectivity index (χ4n) is 2.06. The maximum Gasteiger partial charge on any atom is 0.186 e. The first-order valence-corrected chi connectivity index (χ1v) is 5.58. The van der Waals surface area contributed by atoms with E-state index in [-0.39, 0.29) is 6.61 Å². The summed E-state index contributed by atoms with van der Waals surface area (Å²) in [7, 11) is 0. The Labute approximate surface area is 102 Å². The van der Waals surface area contributed by atoms with Gasteiger partial charge in [0.15, 0.2) is 11.9 Å². The van der Waals surface area contributed by atoms with E-state index < -0.39 is 18.4 Å². The zero-order chi connectivity index (χ0) is 12.7. The lowest BCUT2D eigenvalue weighted by Gasteiger charge is -2.11. The number of hydrogen-bond acceptors (Lipinski definition) is 7. The predicted octanol–water partition coefficient (Wildman–Crippen LogP) is -0.951. The molecule has 0 spiro atoms. The Morgan fingerprint density at radius 3 is 3.00 bits per heavy atom. The number of nitrogen functional groups attached to an aromatic ring is 1. The predicted molar refractivity (Wildman–Crippen MR) is 61.4 cm³/mol. The van der Waals surface area contributed by atoms with Crippen molar-refractivity contribution in [2.24, 2.45) is 0 Å². The second kappa shape index (κ2) is 4.16. The molecule has 18 heavy (non-hydrogen) atoms. The molecule has 96 valence electrons. The monoisotopic (exact) mass is 251 g/mol. The lowest BCUT2D eigenvalue weighted by atomic mass is 10.2. The number of fused-ring (bicyclic) bond motifs is 1. The van der Waals surface area contributed by atoms with Crippen LogP contribution in [-0.2, 0) is 4.74 Å². The van der Waals surface area contributed by atoms with Gasteiger partial charge in [0.2, 0.25) is 0 Å². The van der Waals surface area contributed by atoms with Crippen LogP contribution in [0.2, 0.25) is 0 Å². The van der Waals surface area contributed by atoms with Crippen molar-refractivity contribution in [3.8, 4) is 0 Å². The van der Waals surface area contributed by atoms with Crippen LogP contribution in [0.5, 0.6) is 0 Å². The Hall–Kier alpha value is -1.77. The van der Waals surface area contributed by atoms with Gasteiger partial charge in [-0.3, -0.25) is 0 Å². The molecule has 0 amide bonds. The first kappa shape index (κ1) is 11.3. The van der Waals surface area contributed by atoms with Gasteiger partial charge in [-0.1, -0.05) is 0 Å². The highest BCUT2D eigenvalue weighted by Crippen LogP contribution is 2.29. The van der Waals surface area contributed by atoms with Gasteiger partial charge in [-0.2, -0.15) is 0 Å². The van der Waals surface area contributed by atoms with Gasteiger partial charge in [-0.15, -0.1) is 5.10 Å². The largest absolute Gasteiger partial charge is 0.394 e. The summed E-state index contributed by atoms with van der Waals surface area (Å²) in [5.74, 6) is 0.350. The SMILES string of the molecule is Nc1ncnc2nn([C@H]3CC(O)[C@@H](CO)O3)cc12. The van der Waals surface area contributed by atoms with Crippen LogP contribution in [0.4, 0.5) is 5.82 Å².